The van der Waals surface area contributed by atoms with Gasteiger partial charge in [0.1, 0.15) is 11.9 Å². The van der Waals surface area contributed by atoms with Crippen molar-refractivity contribution in [1.82, 2.24) is 0 Å². The second-order valence-electron chi connectivity index (χ2n) is 3.88. The van der Waals surface area contributed by atoms with Crippen molar-refractivity contribution in [3.63, 3.8) is 0 Å². The van der Waals surface area contributed by atoms with Crippen LogP contribution < -0.4 is 4.74 Å². The molecule has 3 nitrogen and oxygen atoms in total. The Morgan fingerprint density at radius 2 is 1.88 bits per heavy atom. The van der Waals surface area contributed by atoms with Crippen molar-refractivity contribution < 1.29 is 14.6 Å². The molecule has 90 valence electrons. The molecule has 0 bridgehead atoms. The third-order valence-electron chi connectivity index (χ3n) is 2.39. The van der Waals surface area contributed by atoms with Gasteiger partial charge >= 0.3 is 0 Å². The van der Waals surface area contributed by atoms with Crippen LogP contribution in [0, 0.1) is 0 Å². The molecule has 0 aromatic heterocycles. The van der Waals surface area contributed by atoms with Crippen LogP contribution in [-0.2, 0) is 4.74 Å². The number of aliphatic hydroxyl groups excluding tert-OH is 1. The van der Waals surface area contributed by atoms with Crippen LogP contribution in [0.2, 0.25) is 0 Å². The van der Waals surface area contributed by atoms with E-state index < -0.39 is 0 Å². The topological polar surface area (TPSA) is 38.7 Å². The van der Waals surface area contributed by atoms with Crippen LogP contribution in [-0.4, -0.2) is 24.9 Å². The molecule has 0 spiro atoms. The van der Waals surface area contributed by atoms with Gasteiger partial charge < -0.3 is 14.6 Å². The maximum Gasteiger partial charge on any atom is 0.119 e. The zero-order valence-corrected chi connectivity index (χ0v) is 10.1. The molecule has 16 heavy (non-hydrogen) atoms. The standard InChI is InChI=1S/C13H20O3/c1-4-13(14)11-5-7-12(8-6-11)16-10(2)9-15-3/h5-8,10,13-14H,4,9H2,1-3H3. The summed E-state index contributed by atoms with van der Waals surface area (Å²) in [4.78, 5) is 0. The Morgan fingerprint density at radius 3 is 2.38 bits per heavy atom. The molecule has 0 aliphatic carbocycles. The number of methoxy groups -OCH3 is 1. The van der Waals surface area contributed by atoms with Gasteiger partial charge in [-0.2, -0.15) is 0 Å². The molecule has 0 aliphatic heterocycles. The van der Waals surface area contributed by atoms with Gasteiger partial charge in [0.15, 0.2) is 0 Å². The van der Waals surface area contributed by atoms with Crippen LogP contribution in [0.3, 0.4) is 0 Å². The minimum absolute atomic E-state index is 0.0342. The maximum atomic E-state index is 9.63. The van der Waals surface area contributed by atoms with Crippen LogP contribution in [0.25, 0.3) is 0 Å². The summed E-state index contributed by atoms with van der Waals surface area (Å²) >= 11 is 0. The van der Waals surface area contributed by atoms with Crippen molar-refractivity contribution in [2.24, 2.45) is 0 Å². The number of hydrogen-bond donors (Lipinski definition) is 1. The predicted molar refractivity (Wildman–Crippen MR) is 63.7 cm³/mol. The first-order valence-corrected chi connectivity index (χ1v) is 5.61. The SMILES string of the molecule is CCC(O)c1ccc(OC(C)COC)cc1. The van der Waals surface area contributed by atoms with Gasteiger partial charge in [0.05, 0.1) is 12.7 Å². The van der Waals surface area contributed by atoms with Gasteiger partial charge in [0, 0.05) is 7.11 Å². The van der Waals surface area contributed by atoms with Gasteiger partial charge in [-0.1, -0.05) is 19.1 Å². The quantitative estimate of drug-likeness (QED) is 0.807. The van der Waals surface area contributed by atoms with E-state index >= 15 is 0 Å². The van der Waals surface area contributed by atoms with E-state index in [4.69, 9.17) is 9.47 Å². The summed E-state index contributed by atoms with van der Waals surface area (Å²) in [5.74, 6) is 0.802. The molecule has 1 rings (SSSR count). The highest BCUT2D eigenvalue weighted by Gasteiger charge is 2.06. The smallest absolute Gasteiger partial charge is 0.119 e. The minimum atomic E-state index is -0.384. The van der Waals surface area contributed by atoms with Crippen molar-refractivity contribution in [2.45, 2.75) is 32.5 Å². The molecule has 0 aliphatic rings. The van der Waals surface area contributed by atoms with Crippen LogP contribution >= 0.6 is 0 Å². The number of rotatable bonds is 6. The van der Waals surface area contributed by atoms with Gasteiger partial charge in [-0.05, 0) is 31.0 Å². The molecule has 0 radical (unpaired) electrons. The lowest BCUT2D eigenvalue weighted by Crippen LogP contribution is -2.17. The van der Waals surface area contributed by atoms with Gasteiger partial charge in [-0.25, -0.2) is 0 Å². The molecule has 0 heterocycles. The Kier molecular flexibility index (Phi) is 5.29. The highest BCUT2D eigenvalue weighted by atomic mass is 16.5. The largest absolute Gasteiger partial charge is 0.488 e. The first-order valence-electron chi connectivity index (χ1n) is 5.61. The highest BCUT2D eigenvalue weighted by molar-refractivity contribution is 5.28. The third kappa shape index (κ3) is 3.83. The van der Waals surface area contributed by atoms with E-state index in [1.807, 2.05) is 38.1 Å². The van der Waals surface area contributed by atoms with Crippen molar-refractivity contribution in [3.05, 3.63) is 29.8 Å². The fourth-order valence-electron chi connectivity index (χ4n) is 1.51. The molecule has 3 heteroatoms. The predicted octanol–water partition coefficient (Wildman–Crippen LogP) is 2.54. The van der Waals surface area contributed by atoms with E-state index in [1.165, 1.54) is 0 Å². The van der Waals surface area contributed by atoms with Crippen LogP contribution in [0.5, 0.6) is 5.75 Å². The molecular formula is C13H20O3. The van der Waals surface area contributed by atoms with Crippen LogP contribution in [0.15, 0.2) is 24.3 Å². The van der Waals surface area contributed by atoms with Crippen molar-refractivity contribution >= 4 is 0 Å². The Labute approximate surface area is 97.0 Å². The fourth-order valence-corrected chi connectivity index (χ4v) is 1.51. The van der Waals surface area contributed by atoms with Gasteiger partial charge in [0.2, 0.25) is 0 Å². The third-order valence-corrected chi connectivity index (χ3v) is 2.39. The summed E-state index contributed by atoms with van der Waals surface area (Å²) in [5, 5.41) is 9.63. The Hall–Kier alpha value is -1.06. The van der Waals surface area contributed by atoms with Gasteiger partial charge in [0.25, 0.3) is 0 Å². The number of aliphatic hydroxyl groups is 1. The summed E-state index contributed by atoms with van der Waals surface area (Å²) in [5.41, 5.74) is 0.925. The molecule has 0 saturated heterocycles. The van der Waals surface area contributed by atoms with Crippen molar-refractivity contribution in [2.75, 3.05) is 13.7 Å². The Balaban J connectivity index is 2.57. The summed E-state index contributed by atoms with van der Waals surface area (Å²) in [6.45, 7) is 4.48. The molecular weight excluding hydrogens is 204 g/mol. The van der Waals surface area contributed by atoms with Gasteiger partial charge in [-0.15, -0.1) is 0 Å². The Morgan fingerprint density at radius 1 is 1.25 bits per heavy atom. The summed E-state index contributed by atoms with van der Waals surface area (Å²) < 4.78 is 10.6. The van der Waals surface area contributed by atoms with E-state index in [0.717, 1.165) is 17.7 Å². The molecule has 1 aromatic carbocycles. The van der Waals surface area contributed by atoms with E-state index in [-0.39, 0.29) is 12.2 Å². The van der Waals surface area contributed by atoms with Crippen LogP contribution in [0.4, 0.5) is 0 Å². The van der Waals surface area contributed by atoms with Crippen LogP contribution in [0.1, 0.15) is 31.9 Å². The van der Waals surface area contributed by atoms with E-state index in [9.17, 15) is 5.11 Å². The zero-order valence-electron chi connectivity index (χ0n) is 10.1. The Bertz CT molecular complexity index is 295. The normalized spacial score (nSPS) is 14.5. The van der Waals surface area contributed by atoms with E-state index in [2.05, 4.69) is 0 Å². The lowest BCUT2D eigenvalue weighted by Gasteiger charge is -2.14. The van der Waals surface area contributed by atoms with Crippen molar-refractivity contribution in [1.29, 1.82) is 0 Å². The average molecular weight is 224 g/mol. The number of hydrogen-bond acceptors (Lipinski definition) is 3. The maximum absolute atomic E-state index is 9.63. The lowest BCUT2D eigenvalue weighted by molar-refractivity contribution is 0.0920. The average Bonchev–Trinajstić information content (AvgIpc) is 2.29. The van der Waals surface area contributed by atoms with Gasteiger partial charge in [-0.3, -0.25) is 0 Å². The minimum Gasteiger partial charge on any atom is -0.488 e. The summed E-state index contributed by atoms with van der Waals surface area (Å²) in [6.07, 6.45) is 0.373. The fraction of sp³-hybridized carbons (Fsp3) is 0.538. The molecule has 0 amide bonds. The number of benzene rings is 1. The molecule has 2 unspecified atom stereocenters. The summed E-state index contributed by atoms with van der Waals surface area (Å²) in [6, 6.07) is 7.53. The zero-order chi connectivity index (χ0) is 12.0. The van der Waals surface area contributed by atoms with E-state index in [0.29, 0.717) is 6.61 Å². The molecule has 1 aromatic rings. The monoisotopic (exact) mass is 224 g/mol. The second kappa shape index (κ2) is 6.51. The highest BCUT2D eigenvalue weighted by Crippen LogP contribution is 2.20. The van der Waals surface area contributed by atoms with E-state index in [1.54, 1.807) is 7.11 Å². The number of ether oxygens (including phenoxy) is 2. The summed E-state index contributed by atoms with van der Waals surface area (Å²) in [7, 11) is 1.65. The second-order valence-corrected chi connectivity index (χ2v) is 3.88. The van der Waals surface area contributed by atoms with Crippen molar-refractivity contribution in [3.8, 4) is 5.75 Å². The lowest BCUT2D eigenvalue weighted by atomic mass is 10.1. The molecule has 0 saturated carbocycles. The molecule has 1 N–H and O–H groups in total. The first kappa shape index (κ1) is 13.0. The first-order chi connectivity index (χ1) is 7.67. The molecule has 2 atom stereocenters. The molecule has 0 fully saturated rings.